The molecule has 0 bridgehead atoms. The maximum atomic E-state index is 12.8. The number of rotatable bonds is 5. The Balaban J connectivity index is 1.87. The Morgan fingerprint density at radius 2 is 1.68 bits per heavy atom. The number of aryl methyl sites for hydroxylation is 2. The summed E-state index contributed by atoms with van der Waals surface area (Å²) < 4.78 is 8.23. The van der Waals surface area contributed by atoms with Gasteiger partial charge in [-0.15, -0.1) is 0 Å². The highest BCUT2D eigenvalue weighted by molar-refractivity contribution is 6.31. The molecule has 0 aliphatic heterocycles. The third kappa shape index (κ3) is 3.70. The van der Waals surface area contributed by atoms with Crippen molar-refractivity contribution in [3.63, 3.8) is 0 Å². The number of amides is 2. The summed E-state index contributed by atoms with van der Waals surface area (Å²) in [7, 11) is 4.85. The summed E-state index contributed by atoms with van der Waals surface area (Å²) in [5.41, 5.74) is 2.06. The number of carbonyl (C=O) groups is 2. The first-order chi connectivity index (χ1) is 13.3. The van der Waals surface area contributed by atoms with E-state index in [0.29, 0.717) is 16.5 Å². The first-order valence-electron chi connectivity index (χ1n) is 8.28. The first kappa shape index (κ1) is 19.4. The molecule has 2 N–H and O–H groups in total. The van der Waals surface area contributed by atoms with Crippen LogP contribution >= 0.6 is 11.6 Å². The van der Waals surface area contributed by atoms with E-state index in [4.69, 9.17) is 16.3 Å². The normalized spacial score (nSPS) is 10.6. The largest absolute Gasteiger partial charge is 0.496 e. The number of benzene rings is 1. The Bertz CT molecular complexity index is 1060. The fourth-order valence-electron chi connectivity index (χ4n) is 2.65. The topological polar surface area (TPSA) is 103 Å². The van der Waals surface area contributed by atoms with E-state index in [-0.39, 0.29) is 16.9 Å². The lowest BCUT2D eigenvalue weighted by Crippen LogP contribution is -2.20. The number of methoxy groups -OCH3 is 1. The molecule has 2 heterocycles. The van der Waals surface area contributed by atoms with E-state index in [0.717, 1.165) is 5.69 Å². The summed E-state index contributed by atoms with van der Waals surface area (Å²) >= 11 is 5.99. The lowest BCUT2D eigenvalue weighted by molar-refractivity contribution is 0.101. The summed E-state index contributed by atoms with van der Waals surface area (Å²) in [5, 5.41) is 14.0. The Kier molecular flexibility index (Phi) is 5.36. The van der Waals surface area contributed by atoms with Gasteiger partial charge < -0.3 is 15.4 Å². The molecule has 3 aromatic rings. The molecule has 28 heavy (non-hydrogen) atoms. The third-order valence-corrected chi connectivity index (χ3v) is 4.53. The van der Waals surface area contributed by atoms with Crippen LogP contribution < -0.4 is 15.4 Å². The molecular formula is C18H19ClN6O3. The molecule has 0 unspecified atom stereocenters. The van der Waals surface area contributed by atoms with Crippen LogP contribution in [-0.2, 0) is 14.1 Å². The van der Waals surface area contributed by atoms with E-state index in [1.165, 1.54) is 24.1 Å². The van der Waals surface area contributed by atoms with Crippen molar-refractivity contribution in [3.8, 4) is 5.75 Å². The maximum absolute atomic E-state index is 12.8. The minimum Gasteiger partial charge on any atom is -0.496 e. The van der Waals surface area contributed by atoms with Crippen molar-refractivity contribution in [1.29, 1.82) is 0 Å². The van der Waals surface area contributed by atoms with E-state index < -0.39 is 11.8 Å². The van der Waals surface area contributed by atoms with Gasteiger partial charge in [0.2, 0.25) is 0 Å². The highest BCUT2D eigenvalue weighted by atomic mass is 35.5. The second-order valence-corrected chi connectivity index (χ2v) is 6.49. The predicted octanol–water partition coefficient (Wildman–Crippen LogP) is 2.63. The van der Waals surface area contributed by atoms with Crippen molar-refractivity contribution in [2.45, 2.75) is 6.92 Å². The van der Waals surface area contributed by atoms with Gasteiger partial charge in [-0.2, -0.15) is 10.2 Å². The van der Waals surface area contributed by atoms with E-state index in [1.54, 1.807) is 37.1 Å². The monoisotopic (exact) mass is 402 g/mol. The summed E-state index contributed by atoms with van der Waals surface area (Å²) in [6.45, 7) is 1.83. The number of anilines is 2. The molecule has 3 rings (SSSR count). The molecule has 0 atom stereocenters. The molecule has 2 aromatic heterocycles. The van der Waals surface area contributed by atoms with Gasteiger partial charge in [0.1, 0.15) is 11.4 Å². The number of carbonyl (C=O) groups excluding carboxylic acids is 2. The molecule has 0 saturated carbocycles. The van der Waals surface area contributed by atoms with E-state index in [2.05, 4.69) is 20.8 Å². The summed E-state index contributed by atoms with van der Waals surface area (Å²) in [4.78, 5) is 25.5. The second kappa shape index (κ2) is 7.73. The molecule has 0 aliphatic carbocycles. The van der Waals surface area contributed by atoms with Crippen LogP contribution in [0.25, 0.3) is 0 Å². The summed E-state index contributed by atoms with van der Waals surface area (Å²) in [5.74, 6) is -0.536. The van der Waals surface area contributed by atoms with Gasteiger partial charge in [0.15, 0.2) is 0 Å². The lowest BCUT2D eigenvalue weighted by atomic mass is 10.2. The van der Waals surface area contributed by atoms with Crippen LogP contribution in [0.5, 0.6) is 5.75 Å². The molecule has 0 radical (unpaired) electrons. The highest BCUT2D eigenvalue weighted by Crippen LogP contribution is 2.25. The number of nitrogens with one attached hydrogen (secondary N) is 2. The van der Waals surface area contributed by atoms with Crippen LogP contribution in [0.1, 0.15) is 26.5 Å². The van der Waals surface area contributed by atoms with Gasteiger partial charge in [-0.05, 0) is 25.1 Å². The molecule has 10 heteroatoms. The number of hydrogen-bond donors (Lipinski definition) is 2. The van der Waals surface area contributed by atoms with E-state index >= 15 is 0 Å². The zero-order valence-corrected chi connectivity index (χ0v) is 16.5. The molecular weight excluding hydrogens is 384 g/mol. The lowest BCUT2D eigenvalue weighted by Gasteiger charge is -2.11. The van der Waals surface area contributed by atoms with Crippen LogP contribution in [0.2, 0.25) is 5.02 Å². The van der Waals surface area contributed by atoms with Gasteiger partial charge in [0.25, 0.3) is 11.8 Å². The van der Waals surface area contributed by atoms with Gasteiger partial charge in [-0.1, -0.05) is 11.6 Å². The molecule has 0 saturated heterocycles. The van der Waals surface area contributed by atoms with Crippen molar-refractivity contribution < 1.29 is 14.3 Å². The Labute approximate surface area is 166 Å². The zero-order valence-electron chi connectivity index (χ0n) is 15.8. The average molecular weight is 403 g/mol. The van der Waals surface area contributed by atoms with Crippen molar-refractivity contribution in [1.82, 2.24) is 19.6 Å². The van der Waals surface area contributed by atoms with Gasteiger partial charge in [0, 0.05) is 19.1 Å². The first-order valence-corrected chi connectivity index (χ1v) is 8.66. The maximum Gasteiger partial charge on any atom is 0.276 e. The average Bonchev–Trinajstić information content (AvgIpc) is 3.18. The van der Waals surface area contributed by atoms with Gasteiger partial charge >= 0.3 is 0 Å². The molecule has 1 aromatic carbocycles. The van der Waals surface area contributed by atoms with Crippen molar-refractivity contribution in [2.24, 2.45) is 14.1 Å². The van der Waals surface area contributed by atoms with Crippen LogP contribution in [0.3, 0.4) is 0 Å². The van der Waals surface area contributed by atoms with Crippen LogP contribution in [0, 0.1) is 6.92 Å². The summed E-state index contributed by atoms with van der Waals surface area (Å²) in [6, 6.07) is 4.71. The molecule has 146 valence electrons. The van der Waals surface area contributed by atoms with Crippen molar-refractivity contribution in [3.05, 3.63) is 52.6 Å². The van der Waals surface area contributed by atoms with Crippen LogP contribution in [0.4, 0.5) is 11.4 Å². The fourth-order valence-corrected chi connectivity index (χ4v) is 2.82. The zero-order chi connectivity index (χ0) is 20.4. The van der Waals surface area contributed by atoms with E-state index in [1.807, 2.05) is 6.92 Å². The van der Waals surface area contributed by atoms with Crippen molar-refractivity contribution >= 4 is 34.8 Å². The standard InChI is InChI=1S/C18H19ClN6O3/c1-10-13(8-20-24(10)2)22-18(27)16-14(9-21-25(16)3)23-17(26)12-7-11(19)5-6-15(12)28-4/h5-9H,1-4H3,(H,22,27)(H,23,26). The number of aromatic nitrogens is 4. The fraction of sp³-hybridized carbons (Fsp3) is 0.222. The molecule has 0 aliphatic rings. The quantitative estimate of drug-likeness (QED) is 0.682. The Morgan fingerprint density at radius 3 is 2.32 bits per heavy atom. The van der Waals surface area contributed by atoms with Crippen molar-refractivity contribution in [2.75, 3.05) is 17.7 Å². The van der Waals surface area contributed by atoms with Crippen LogP contribution in [0.15, 0.2) is 30.6 Å². The third-order valence-electron chi connectivity index (χ3n) is 4.29. The smallest absolute Gasteiger partial charge is 0.276 e. The molecule has 0 spiro atoms. The number of hydrogen-bond acceptors (Lipinski definition) is 5. The number of halogens is 1. The Morgan fingerprint density at radius 1 is 1.04 bits per heavy atom. The number of nitrogens with zero attached hydrogens (tertiary/aromatic N) is 4. The molecule has 2 amide bonds. The molecule has 9 nitrogen and oxygen atoms in total. The SMILES string of the molecule is COc1ccc(Cl)cc1C(=O)Nc1cnn(C)c1C(=O)Nc1cnn(C)c1C. The van der Waals surface area contributed by atoms with E-state index in [9.17, 15) is 9.59 Å². The second-order valence-electron chi connectivity index (χ2n) is 6.05. The van der Waals surface area contributed by atoms with Crippen LogP contribution in [-0.4, -0.2) is 38.5 Å². The minimum absolute atomic E-state index is 0.192. The van der Waals surface area contributed by atoms with Gasteiger partial charge in [-0.25, -0.2) is 0 Å². The number of ether oxygens (including phenoxy) is 1. The Hall–Kier alpha value is -3.33. The van der Waals surface area contributed by atoms with Gasteiger partial charge in [0.05, 0.1) is 42.1 Å². The minimum atomic E-state index is -0.473. The highest BCUT2D eigenvalue weighted by Gasteiger charge is 2.22. The predicted molar refractivity (Wildman–Crippen MR) is 105 cm³/mol. The summed E-state index contributed by atoms with van der Waals surface area (Å²) in [6.07, 6.45) is 2.96. The van der Waals surface area contributed by atoms with Gasteiger partial charge in [-0.3, -0.25) is 19.0 Å². The molecule has 0 fully saturated rings.